The van der Waals surface area contributed by atoms with Crippen LogP contribution in [0.3, 0.4) is 0 Å². The highest BCUT2D eigenvalue weighted by Gasteiger charge is 2.40. The summed E-state index contributed by atoms with van der Waals surface area (Å²) in [5, 5.41) is 0. The molecule has 1 aliphatic rings. The molecule has 0 spiro atoms. The zero-order chi connectivity index (χ0) is 19.7. The van der Waals surface area contributed by atoms with E-state index in [1.165, 1.54) is 70.6 Å². The van der Waals surface area contributed by atoms with Crippen LogP contribution in [0.4, 0.5) is 0 Å². The van der Waals surface area contributed by atoms with E-state index in [2.05, 4.69) is 55.4 Å². The summed E-state index contributed by atoms with van der Waals surface area (Å²) in [5.74, 6) is 5.49. The highest BCUT2D eigenvalue weighted by Crippen LogP contribution is 2.52. The molecule has 0 radical (unpaired) electrons. The van der Waals surface area contributed by atoms with Crippen LogP contribution in [0.5, 0.6) is 0 Å². The third kappa shape index (κ3) is 9.27. The molecule has 3 atom stereocenters. The smallest absolute Gasteiger partial charge is 0.0292 e. The Hall–Kier alpha value is 0. The maximum absolute atomic E-state index is 2.49. The molecule has 0 aliphatic heterocycles. The van der Waals surface area contributed by atoms with Crippen molar-refractivity contribution in [2.75, 3.05) is 0 Å². The van der Waals surface area contributed by atoms with Crippen molar-refractivity contribution >= 4 is 0 Å². The van der Waals surface area contributed by atoms with E-state index in [1.807, 2.05) is 0 Å². The van der Waals surface area contributed by atoms with Crippen LogP contribution < -0.4 is 0 Å². The van der Waals surface area contributed by atoms with Gasteiger partial charge >= 0.3 is 0 Å². The van der Waals surface area contributed by atoms with E-state index >= 15 is 0 Å². The average molecular weight is 365 g/mol. The first-order chi connectivity index (χ1) is 12.2. The molecular weight excluding hydrogens is 312 g/mol. The molecular formula is C26H52. The van der Waals surface area contributed by atoms with Gasteiger partial charge in [0.1, 0.15) is 0 Å². The van der Waals surface area contributed by atoms with Crippen molar-refractivity contribution in [1.29, 1.82) is 0 Å². The molecule has 1 saturated carbocycles. The molecule has 0 N–H and O–H groups in total. The Balaban J connectivity index is 2.91. The van der Waals surface area contributed by atoms with E-state index in [1.54, 1.807) is 0 Å². The SMILES string of the molecule is CCC(C)CC1CC(CCC(C)C)CC(CCC(C)C)(CCC(C)C)C1. The molecule has 0 aromatic heterocycles. The minimum Gasteiger partial charge on any atom is -0.0651 e. The molecule has 0 bridgehead atoms. The van der Waals surface area contributed by atoms with E-state index in [4.69, 9.17) is 0 Å². The van der Waals surface area contributed by atoms with Crippen molar-refractivity contribution in [2.24, 2.45) is 40.9 Å². The second-order valence-corrected chi connectivity index (χ2v) is 11.5. The monoisotopic (exact) mass is 364 g/mol. The summed E-state index contributed by atoms with van der Waals surface area (Å²) >= 11 is 0. The number of hydrogen-bond acceptors (Lipinski definition) is 0. The molecule has 0 aromatic rings. The van der Waals surface area contributed by atoms with Crippen LogP contribution in [-0.2, 0) is 0 Å². The Labute approximate surface area is 167 Å². The standard InChI is InChI=1S/C26H52/c1-9-23(8)16-25-17-24(11-10-20(2)3)18-26(19-25,14-12-21(4)5)15-13-22(6)7/h20-25H,9-19H2,1-8H3. The Morgan fingerprint density at radius 2 is 1.23 bits per heavy atom. The van der Waals surface area contributed by atoms with E-state index in [0.29, 0.717) is 5.41 Å². The first-order valence-corrected chi connectivity index (χ1v) is 12.2. The normalized spacial score (nSPS) is 24.6. The van der Waals surface area contributed by atoms with Gasteiger partial charge in [0.25, 0.3) is 0 Å². The third-order valence-corrected chi connectivity index (χ3v) is 7.20. The van der Waals surface area contributed by atoms with Crippen molar-refractivity contribution in [2.45, 2.75) is 126 Å². The maximum Gasteiger partial charge on any atom is -0.0292 e. The van der Waals surface area contributed by atoms with Gasteiger partial charge in [-0.05, 0) is 79.4 Å². The molecule has 0 saturated heterocycles. The largest absolute Gasteiger partial charge is 0.0651 e. The van der Waals surface area contributed by atoms with Crippen molar-refractivity contribution < 1.29 is 0 Å². The first kappa shape index (κ1) is 24.0. The van der Waals surface area contributed by atoms with E-state index in [-0.39, 0.29) is 0 Å². The molecule has 0 nitrogen and oxygen atoms in total. The van der Waals surface area contributed by atoms with Gasteiger partial charge in [-0.1, -0.05) is 87.5 Å². The predicted molar refractivity (Wildman–Crippen MR) is 120 cm³/mol. The zero-order valence-corrected chi connectivity index (χ0v) is 19.7. The van der Waals surface area contributed by atoms with Gasteiger partial charge in [-0.15, -0.1) is 0 Å². The second kappa shape index (κ2) is 11.8. The van der Waals surface area contributed by atoms with Crippen LogP contribution in [0.15, 0.2) is 0 Å². The summed E-state index contributed by atoms with van der Waals surface area (Å²) in [5.41, 5.74) is 0.659. The molecule has 156 valence electrons. The molecule has 1 rings (SSSR count). The number of hydrogen-bond donors (Lipinski definition) is 0. The van der Waals surface area contributed by atoms with Gasteiger partial charge in [-0.2, -0.15) is 0 Å². The lowest BCUT2D eigenvalue weighted by molar-refractivity contribution is 0.0460. The van der Waals surface area contributed by atoms with Gasteiger partial charge in [0.15, 0.2) is 0 Å². The summed E-state index contributed by atoms with van der Waals surface area (Å²) < 4.78 is 0. The van der Waals surface area contributed by atoms with Crippen LogP contribution in [0, 0.1) is 40.9 Å². The second-order valence-electron chi connectivity index (χ2n) is 11.5. The van der Waals surface area contributed by atoms with Crippen molar-refractivity contribution in [1.82, 2.24) is 0 Å². The minimum atomic E-state index is 0.659. The summed E-state index contributed by atoms with van der Waals surface area (Å²) in [6, 6.07) is 0. The van der Waals surface area contributed by atoms with Crippen molar-refractivity contribution in [3.05, 3.63) is 0 Å². The van der Waals surface area contributed by atoms with Crippen LogP contribution in [-0.4, -0.2) is 0 Å². The van der Waals surface area contributed by atoms with Crippen molar-refractivity contribution in [3.63, 3.8) is 0 Å². The molecule has 0 amide bonds. The van der Waals surface area contributed by atoms with Gasteiger partial charge in [0.05, 0.1) is 0 Å². The zero-order valence-electron chi connectivity index (χ0n) is 19.7. The van der Waals surface area contributed by atoms with Gasteiger partial charge in [-0.3, -0.25) is 0 Å². The summed E-state index contributed by atoms with van der Waals surface area (Å²) in [4.78, 5) is 0. The van der Waals surface area contributed by atoms with E-state index < -0.39 is 0 Å². The van der Waals surface area contributed by atoms with E-state index in [9.17, 15) is 0 Å². The lowest BCUT2D eigenvalue weighted by Crippen LogP contribution is -2.35. The van der Waals surface area contributed by atoms with Gasteiger partial charge < -0.3 is 0 Å². The average Bonchev–Trinajstić information content (AvgIpc) is 2.56. The molecule has 1 aliphatic carbocycles. The summed E-state index contributed by atoms with van der Waals surface area (Å²) in [7, 11) is 0. The lowest BCUT2D eigenvalue weighted by Gasteiger charge is -2.47. The highest BCUT2D eigenvalue weighted by atomic mass is 14.4. The van der Waals surface area contributed by atoms with E-state index in [0.717, 1.165) is 35.5 Å². The summed E-state index contributed by atoms with van der Waals surface area (Å²) in [6.45, 7) is 19.4. The fraction of sp³-hybridized carbons (Fsp3) is 1.00. The molecule has 0 heterocycles. The quantitative estimate of drug-likeness (QED) is 0.324. The molecule has 1 fully saturated rings. The lowest BCUT2D eigenvalue weighted by atomic mass is 9.59. The summed E-state index contributed by atoms with van der Waals surface area (Å²) in [6.07, 6.45) is 16.2. The fourth-order valence-electron chi connectivity index (χ4n) is 5.37. The van der Waals surface area contributed by atoms with Gasteiger partial charge in [0, 0.05) is 0 Å². The predicted octanol–water partition coefficient (Wildman–Crippen LogP) is 9.13. The van der Waals surface area contributed by atoms with Gasteiger partial charge in [-0.25, -0.2) is 0 Å². The fourth-order valence-corrected chi connectivity index (χ4v) is 5.37. The molecule has 0 aromatic carbocycles. The third-order valence-electron chi connectivity index (χ3n) is 7.20. The van der Waals surface area contributed by atoms with Crippen LogP contribution in [0.2, 0.25) is 0 Å². The van der Waals surface area contributed by atoms with Crippen LogP contribution in [0.25, 0.3) is 0 Å². The Bertz CT molecular complexity index is 339. The van der Waals surface area contributed by atoms with Gasteiger partial charge in [0.2, 0.25) is 0 Å². The topological polar surface area (TPSA) is 0 Å². The molecule has 26 heavy (non-hydrogen) atoms. The van der Waals surface area contributed by atoms with Crippen LogP contribution in [0.1, 0.15) is 126 Å². The highest BCUT2D eigenvalue weighted by molar-refractivity contribution is 4.91. The Morgan fingerprint density at radius 1 is 0.731 bits per heavy atom. The molecule has 0 heteroatoms. The maximum atomic E-state index is 2.49. The van der Waals surface area contributed by atoms with Crippen LogP contribution >= 0.6 is 0 Å². The Morgan fingerprint density at radius 3 is 1.69 bits per heavy atom. The Kier molecular flexibility index (Phi) is 10.9. The molecule has 3 unspecified atom stereocenters. The van der Waals surface area contributed by atoms with Crippen molar-refractivity contribution in [3.8, 4) is 0 Å². The minimum absolute atomic E-state index is 0.659. The first-order valence-electron chi connectivity index (χ1n) is 12.2. The number of rotatable bonds is 12.